The molecule has 1 unspecified atom stereocenters. The van der Waals surface area contributed by atoms with Gasteiger partial charge in [-0.25, -0.2) is 4.79 Å². The van der Waals surface area contributed by atoms with Crippen LogP contribution in [0.5, 0.6) is 0 Å². The van der Waals surface area contributed by atoms with E-state index >= 15 is 0 Å². The minimum absolute atomic E-state index is 0.0592. The number of carboxylic acid groups (broad SMARTS) is 3. The maximum Gasteiger partial charge on any atom is 0.359 e. The molecule has 0 aliphatic carbocycles. The van der Waals surface area contributed by atoms with Crippen molar-refractivity contribution in [1.82, 2.24) is 4.90 Å². The number of hydrogen-bond donors (Lipinski definition) is 4. The highest BCUT2D eigenvalue weighted by molar-refractivity contribution is 5.97. The minimum Gasteiger partial charge on any atom is -0.547 e. The highest BCUT2D eigenvalue weighted by Gasteiger charge is 2.52. The Hall–Kier alpha value is -4.57. The van der Waals surface area contributed by atoms with Crippen molar-refractivity contribution in [2.24, 2.45) is 0 Å². The van der Waals surface area contributed by atoms with Crippen LogP contribution in [0.25, 0.3) is 0 Å². The molecule has 4 N–H and O–H groups in total. The number of esters is 1. The fourth-order valence-corrected chi connectivity index (χ4v) is 4.58. The summed E-state index contributed by atoms with van der Waals surface area (Å²) in [7, 11) is 0. The van der Waals surface area contributed by atoms with Gasteiger partial charge in [-0.3, -0.25) is 29.4 Å². The van der Waals surface area contributed by atoms with E-state index in [1.54, 1.807) is 6.92 Å². The van der Waals surface area contributed by atoms with Crippen LogP contribution in [0, 0.1) is 10.1 Å². The molecule has 16 nitrogen and oxygen atoms in total. The van der Waals surface area contributed by atoms with Crippen molar-refractivity contribution in [3.05, 3.63) is 51.4 Å². The summed E-state index contributed by atoms with van der Waals surface area (Å²) < 4.78 is 5.98. The number of ether oxygens (including phenoxy) is 1. The van der Waals surface area contributed by atoms with Crippen molar-refractivity contribution in [1.29, 1.82) is 0 Å². The molecule has 0 aromatic heterocycles. The van der Waals surface area contributed by atoms with E-state index in [0.717, 1.165) is 19.6 Å². The van der Waals surface area contributed by atoms with E-state index < -0.39 is 47.2 Å². The van der Waals surface area contributed by atoms with Crippen LogP contribution in [0.3, 0.4) is 0 Å². The number of nitrogens with zero attached hydrogens (tertiary/aromatic N) is 3. The van der Waals surface area contributed by atoms with Crippen molar-refractivity contribution < 1.29 is 63.6 Å². The van der Waals surface area contributed by atoms with Gasteiger partial charge in [0, 0.05) is 18.6 Å². The SMILES string of the molecule is CCC(O)=C(C(=O)OCc1ccc([N+](=O)[O-])cc1)N1C(=O)CC1[N+](CC)(CC)CC.O=C(O)CC(O)(CC(=O)O)C(=O)[O-]. The monoisotopic (exact) mass is 611 g/mol. The maximum absolute atomic E-state index is 12.9. The molecule has 0 bridgehead atoms. The van der Waals surface area contributed by atoms with Crippen LogP contribution < -0.4 is 5.11 Å². The highest BCUT2D eigenvalue weighted by atomic mass is 16.6. The zero-order valence-electron chi connectivity index (χ0n) is 24.3. The Balaban J connectivity index is 0.000000599. The maximum atomic E-state index is 12.9. The number of nitro groups is 1. The fourth-order valence-electron chi connectivity index (χ4n) is 4.58. The van der Waals surface area contributed by atoms with Crippen molar-refractivity contribution in [3.8, 4) is 0 Å². The van der Waals surface area contributed by atoms with Gasteiger partial charge in [0.2, 0.25) is 5.91 Å². The molecule has 1 fully saturated rings. The number of benzene rings is 1. The van der Waals surface area contributed by atoms with E-state index in [0.29, 0.717) is 16.5 Å². The number of hydrogen-bond acceptors (Lipinski definition) is 11. The number of likely N-dealkylation sites (tertiary alicyclic amines) is 1. The normalized spacial score (nSPS) is 15.3. The molecular formula is C27H37N3O13. The second-order valence-electron chi connectivity index (χ2n) is 9.72. The third kappa shape index (κ3) is 9.21. The summed E-state index contributed by atoms with van der Waals surface area (Å²) in [5.74, 6) is -6.55. The van der Waals surface area contributed by atoms with E-state index in [9.17, 15) is 44.3 Å². The first kappa shape index (κ1) is 36.5. The van der Waals surface area contributed by atoms with E-state index in [-0.39, 0.29) is 42.2 Å². The Morgan fingerprint density at radius 3 is 1.84 bits per heavy atom. The largest absolute Gasteiger partial charge is 0.547 e. The average molecular weight is 612 g/mol. The molecule has 0 saturated carbocycles. The zero-order chi connectivity index (χ0) is 33.1. The van der Waals surface area contributed by atoms with Gasteiger partial charge < -0.3 is 39.5 Å². The molecule has 43 heavy (non-hydrogen) atoms. The molecule has 1 aliphatic heterocycles. The fraction of sp³-hybridized carbons (Fsp3) is 0.519. The van der Waals surface area contributed by atoms with Crippen LogP contribution in [-0.4, -0.2) is 95.9 Å². The molecule has 238 valence electrons. The van der Waals surface area contributed by atoms with Crippen molar-refractivity contribution in [2.45, 2.75) is 71.8 Å². The van der Waals surface area contributed by atoms with Gasteiger partial charge in [-0.05, 0) is 38.5 Å². The van der Waals surface area contributed by atoms with Crippen LogP contribution in [0.1, 0.15) is 58.9 Å². The number of amides is 1. The second-order valence-corrected chi connectivity index (χ2v) is 9.72. The summed E-state index contributed by atoms with van der Waals surface area (Å²) in [6, 6.07) is 5.65. The van der Waals surface area contributed by atoms with Gasteiger partial charge in [0.05, 0.1) is 43.4 Å². The number of non-ortho nitro benzene ring substituents is 1. The Bertz CT molecular complexity index is 1210. The number of quaternary nitrogens is 1. The van der Waals surface area contributed by atoms with Crippen LogP contribution in [0.15, 0.2) is 35.7 Å². The molecule has 1 amide bonds. The molecular weight excluding hydrogens is 574 g/mol. The number of aliphatic hydroxyl groups excluding tert-OH is 1. The van der Waals surface area contributed by atoms with Gasteiger partial charge in [-0.2, -0.15) is 0 Å². The van der Waals surface area contributed by atoms with Crippen molar-refractivity contribution in [3.63, 3.8) is 0 Å². The first-order valence-corrected chi connectivity index (χ1v) is 13.4. The van der Waals surface area contributed by atoms with Gasteiger partial charge >= 0.3 is 17.9 Å². The summed E-state index contributed by atoms with van der Waals surface area (Å²) in [5.41, 5.74) is -2.45. The predicted octanol–water partition coefficient (Wildman–Crippen LogP) is 0.669. The van der Waals surface area contributed by atoms with E-state index in [4.69, 9.17) is 20.1 Å². The summed E-state index contributed by atoms with van der Waals surface area (Å²) in [6.45, 7) is 10.1. The lowest BCUT2D eigenvalue weighted by atomic mass is 9.96. The molecule has 0 radical (unpaired) electrons. The molecule has 2 rings (SSSR count). The summed E-state index contributed by atoms with van der Waals surface area (Å²) in [6.07, 6.45) is -2.15. The Morgan fingerprint density at radius 1 is 1.00 bits per heavy atom. The number of carbonyl (C=O) groups excluding carboxylic acids is 3. The quantitative estimate of drug-likeness (QED) is 0.0406. The number of β-lactam (4-membered cyclic amide) rings is 1. The van der Waals surface area contributed by atoms with Gasteiger partial charge in [0.1, 0.15) is 24.4 Å². The van der Waals surface area contributed by atoms with Crippen LogP contribution in [0.4, 0.5) is 5.69 Å². The summed E-state index contributed by atoms with van der Waals surface area (Å²) in [5, 5.41) is 56.7. The van der Waals surface area contributed by atoms with Crippen LogP contribution in [-0.2, 0) is 35.3 Å². The third-order valence-corrected chi connectivity index (χ3v) is 7.27. The molecule has 1 aromatic carbocycles. The van der Waals surface area contributed by atoms with Crippen molar-refractivity contribution in [2.75, 3.05) is 19.6 Å². The van der Waals surface area contributed by atoms with Crippen LogP contribution >= 0.6 is 0 Å². The average Bonchev–Trinajstić information content (AvgIpc) is 2.94. The molecule has 0 spiro atoms. The second kappa shape index (κ2) is 15.6. The standard InChI is InChI=1S/C21H29N3O6.C6H8O7/c1-5-17(25)20(22-18(13-19(22)26)24(6-2,7-3)8-4)21(27)30-14-15-9-11-16(12-10-15)23(28)29;7-3(8)1-6(13,5(11)12)2-4(9)10/h9-12,18H,5-8,13-14H2,1-4H3;13H,1-2H2,(H,7,8)(H,9,10)(H,11,12). The number of aliphatic hydroxyl groups is 2. The summed E-state index contributed by atoms with van der Waals surface area (Å²) in [4.78, 5) is 67.3. The Kier molecular flexibility index (Phi) is 13.2. The predicted molar refractivity (Wildman–Crippen MR) is 144 cm³/mol. The van der Waals surface area contributed by atoms with Gasteiger partial charge in [0.25, 0.3) is 5.69 Å². The van der Waals surface area contributed by atoms with E-state index in [2.05, 4.69) is 0 Å². The molecule has 1 aliphatic rings. The number of carboxylic acids is 3. The number of allylic oxidation sites excluding steroid dienone is 1. The molecule has 1 saturated heterocycles. The third-order valence-electron chi connectivity index (χ3n) is 7.27. The first-order chi connectivity index (χ1) is 20.0. The lowest BCUT2D eigenvalue weighted by Gasteiger charge is -2.52. The lowest BCUT2D eigenvalue weighted by Crippen LogP contribution is -2.70. The number of aliphatic carboxylic acids is 3. The molecule has 1 heterocycles. The number of carbonyl (C=O) groups is 5. The molecule has 1 aromatic rings. The van der Waals surface area contributed by atoms with Gasteiger partial charge in [-0.15, -0.1) is 0 Å². The number of nitro benzene ring substituents is 1. The van der Waals surface area contributed by atoms with E-state index in [1.165, 1.54) is 29.2 Å². The van der Waals surface area contributed by atoms with Gasteiger partial charge in [0.15, 0.2) is 11.9 Å². The Labute approximate surface area is 247 Å². The topological polar surface area (TPSA) is 245 Å². The molecule has 1 atom stereocenters. The minimum atomic E-state index is -2.85. The number of rotatable bonds is 15. The summed E-state index contributed by atoms with van der Waals surface area (Å²) >= 11 is 0. The lowest BCUT2D eigenvalue weighted by molar-refractivity contribution is -0.958. The smallest absolute Gasteiger partial charge is 0.359 e. The highest BCUT2D eigenvalue weighted by Crippen LogP contribution is 2.34. The molecule has 16 heteroatoms. The zero-order valence-corrected chi connectivity index (χ0v) is 24.3. The van der Waals surface area contributed by atoms with Crippen LogP contribution in [0.2, 0.25) is 0 Å². The first-order valence-electron chi connectivity index (χ1n) is 13.4. The Morgan fingerprint density at radius 2 is 1.49 bits per heavy atom. The van der Waals surface area contributed by atoms with Gasteiger partial charge in [-0.1, -0.05) is 6.92 Å². The van der Waals surface area contributed by atoms with E-state index in [1.807, 2.05) is 20.8 Å². The van der Waals surface area contributed by atoms with Crippen molar-refractivity contribution >= 4 is 35.5 Å².